The lowest BCUT2D eigenvalue weighted by atomic mass is 9.95. The molecule has 0 atom stereocenters. The molecule has 5 nitrogen and oxygen atoms in total. The molecule has 0 unspecified atom stereocenters. The summed E-state index contributed by atoms with van der Waals surface area (Å²) < 4.78 is 1.76. The molecule has 5 heteroatoms. The van der Waals surface area contributed by atoms with E-state index in [1.165, 1.54) is 32.1 Å². The van der Waals surface area contributed by atoms with Crippen LogP contribution in [0.5, 0.6) is 0 Å². The number of aromatic nitrogens is 4. The van der Waals surface area contributed by atoms with E-state index in [9.17, 15) is 4.79 Å². The number of nitrogens with zero attached hydrogens (tertiary/aromatic N) is 3. The van der Waals surface area contributed by atoms with Gasteiger partial charge in [-0.05, 0) is 42.7 Å². The lowest BCUT2D eigenvalue weighted by molar-refractivity contribution is 0.473. The zero-order chi connectivity index (χ0) is 19.7. The molecular formula is C23H30N4O. The molecule has 0 amide bonds. The summed E-state index contributed by atoms with van der Waals surface area (Å²) in [6, 6.07) is 10.4. The number of unbranched alkanes of at least 4 members (excludes halogenated alkanes) is 2. The highest BCUT2D eigenvalue weighted by Gasteiger charge is 2.21. The van der Waals surface area contributed by atoms with Gasteiger partial charge in [0.05, 0.1) is 0 Å². The summed E-state index contributed by atoms with van der Waals surface area (Å²) in [5.41, 5.74) is 3.50. The van der Waals surface area contributed by atoms with Gasteiger partial charge in [0, 0.05) is 17.9 Å². The van der Waals surface area contributed by atoms with Crippen LogP contribution in [0.3, 0.4) is 0 Å². The summed E-state index contributed by atoms with van der Waals surface area (Å²) in [4.78, 5) is 21.1. The van der Waals surface area contributed by atoms with Gasteiger partial charge in [-0.2, -0.15) is 0 Å². The summed E-state index contributed by atoms with van der Waals surface area (Å²) in [6.45, 7) is 6.31. The number of aryl methyl sites for hydroxylation is 1. The summed E-state index contributed by atoms with van der Waals surface area (Å²) >= 11 is 0. The van der Waals surface area contributed by atoms with Gasteiger partial charge in [-0.3, -0.25) is 9.89 Å². The van der Waals surface area contributed by atoms with Gasteiger partial charge in [0.1, 0.15) is 11.6 Å². The molecule has 0 saturated heterocycles. The van der Waals surface area contributed by atoms with E-state index in [4.69, 9.17) is 4.98 Å². The van der Waals surface area contributed by atoms with E-state index in [1.807, 2.05) is 0 Å². The van der Waals surface area contributed by atoms with Gasteiger partial charge in [-0.15, -0.1) is 0 Å². The fraction of sp³-hybridized carbons (Fsp3) is 0.522. The predicted octanol–water partition coefficient (Wildman–Crippen LogP) is 4.23. The first kappa shape index (κ1) is 18.9. The molecule has 0 aliphatic heterocycles. The van der Waals surface area contributed by atoms with Crippen LogP contribution in [0.15, 0.2) is 35.1 Å². The van der Waals surface area contributed by atoms with Crippen molar-refractivity contribution in [3.63, 3.8) is 0 Å². The summed E-state index contributed by atoms with van der Waals surface area (Å²) in [6.07, 6.45) is 8.15. The number of rotatable bonds is 6. The molecule has 1 aliphatic carbocycles. The third-order valence-corrected chi connectivity index (χ3v) is 5.74. The molecule has 148 valence electrons. The van der Waals surface area contributed by atoms with Crippen LogP contribution in [0.25, 0.3) is 5.65 Å². The van der Waals surface area contributed by atoms with Crippen LogP contribution in [0.1, 0.15) is 69.2 Å². The minimum absolute atomic E-state index is 0.123. The van der Waals surface area contributed by atoms with Crippen LogP contribution in [0.4, 0.5) is 0 Å². The highest BCUT2D eigenvalue weighted by atomic mass is 16.1. The van der Waals surface area contributed by atoms with Gasteiger partial charge in [0.15, 0.2) is 5.65 Å². The Morgan fingerprint density at radius 3 is 2.46 bits per heavy atom. The minimum atomic E-state index is -0.138. The van der Waals surface area contributed by atoms with Crippen LogP contribution in [-0.2, 0) is 24.7 Å². The highest BCUT2D eigenvalue weighted by Crippen LogP contribution is 2.30. The lowest BCUT2D eigenvalue weighted by Gasteiger charge is -2.18. The second-order valence-corrected chi connectivity index (χ2v) is 9.17. The zero-order valence-corrected chi connectivity index (χ0v) is 17.2. The second-order valence-electron chi connectivity index (χ2n) is 9.17. The van der Waals surface area contributed by atoms with Crippen LogP contribution in [-0.4, -0.2) is 19.6 Å². The maximum absolute atomic E-state index is 11.8. The van der Waals surface area contributed by atoms with Gasteiger partial charge < -0.3 is 0 Å². The molecule has 3 aromatic rings. The predicted molar refractivity (Wildman–Crippen MR) is 112 cm³/mol. The van der Waals surface area contributed by atoms with Crippen molar-refractivity contribution in [1.82, 2.24) is 19.6 Å². The Morgan fingerprint density at radius 1 is 1.07 bits per heavy atom. The number of aromatic amines is 1. The van der Waals surface area contributed by atoms with Gasteiger partial charge in [-0.25, -0.2) is 14.5 Å². The molecular weight excluding hydrogens is 348 g/mol. The van der Waals surface area contributed by atoms with Crippen LogP contribution in [0, 0.1) is 5.92 Å². The Morgan fingerprint density at radius 2 is 1.79 bits per heavy atom. The molecule has 0 radical (unpaired) electrons. The number of hydrogen-bond donors (Lipinski definition) is 1. The van der Waals surface area contributed by atoms with E-state index >= 15 is 0 Å². The molecule has 0 saturated carbocycles. The molecule has 0 spiro atoms. The van der Waals surface area contributed by atoms with Crippen molar-refractivity contribution in [2.45, 2.75) is 71.1 Å². The Hall–Kier alpha value is -2.43. The molecule has 28 heavy (non-hydrogen) atoms. The van der Waals surface area contributed by atoms with E-state index in [0.717, 1.165) is 30.4 Å². The Labute approximate surface area is 166 Å². The molecule has 1 aromatic carbocycles. The summed E-state index contributed by atoms with van der Waals surface area (Å²) in [5.74, 6) is 2.51. The number of hydrogen-bond acceptors (Lipinski definition) is 3. The van der Waals surface area contributed by atoms with Crippen LogP contribution >= 0.6 is 0 Å². The van der Waals surface area contributed by atoms with Gasteiger partial charge >= 0.3 is 0 Å². The number of nitrogens with one attached hydrogen (secondary N) is 1. The van der Waals surface area contributed by atoms with E-state index in [-0.39, 0.29) is 11.0 Å². The average Bonchev–Trinajstić information content (AvgIpc) is 3.22. The number of fused-ring (bicyclic) bond motifs is 2. The highest BCUT2D eigenvalue weighted by molar-refractivity contribution is 5.37. The van der Waals surface area contributed by atoms with Crippen molar-refractivity contribution in [2.24, 2.45) is 5.92 Å². The first-order valence-corrected chi connectivity index (χ1v) is 10.5. The van der Waals surface area contributed by atoms with Gasteiger partial charge in [0.25, 0.3) is 5.56 Å². The molecule has 0 fully saturated rings. The topological polar surface area (TPSA) is 63.1 Å². The Bertz CT molecular complexity index is 1000. The minimum Gasteiger partial charge on any atom is -0.268 e. The molecule has 2 heterocycles. The fourth-order valence-corrected chi connectivity index (χ4v) is 4.22. The van der Waals surface area contributed by atoms with E-state index in [0.29, 0.717) is 5.65 Å². The zero-order valence-electron chi connectivity index (χ0n) is 17.2. The molecule has 0 bridgehead atoms. The monoisotopic (exact) mass is 378 g/mol. The normalized spacial score (nSPS) is 14.7. The van der Waals surface area contributed by atoms with E-state index in [1.54, 1.807) is 21.7 Å². The first-order valence-electron chi connectivity index (χ1n) is 10.5. The third kappa shape index (κ3) is 4.03. The van der Waals surface area contributed by atoms with E-state index < -0.39 is 0 Å². The maximum Gasteiger partial charge on any atom is 0.266 e. The number of H-pyrrole nitrogens is 1. The molecule has 1 N–H and O–H groups in total. The van der Waals surface area contributed by atoms with Crippen molar-refractivity contribution in [2.75, 3.05) is 0 Å². The Balaban J connectivity index is 1.34. The van der Waals surface area contributed by atoms with Crippen LogP contribution in [0.2, 0.25) is 0 Å². The Kier molecular flexibility index (Phi) is 5.09. The van der Waals surface area contributed by atoms with Crippen LogP contribution < -0.4 is 5.56 Å². The van der Waals surface area contributed by atoms with Crippen molar-refractivity contribution < 1.29 is 0 Å². The van der Waals surface area contributed by atoms with Crippen molar-refractivity contribution >= 4 is 5.65 Å². The fourth-order valence-electron chi connectivity index (χ4n) is 4.22. The quantitative estimate of drug-likeness (QED) is 0.653. The molecule has 1 aliphatic rings. The molecule has 4 rings (SSSR count). The largest absolute Gasteiger partial charge is 0.268 e. The van der Waals surface area contributed by atoms with E-state index in [2.05, 4.69) is 55.1 Å². The maximum atomic E-state index is 11.8. The second kappa shape index (κ2) is 7.53. The lowest BCUT2D eigenvalue weighted by Crippen LogP contribution is -2.19. The smallest absolute Gasteiger partial charge is 0.266 e. The number of benzene rings is 1. The summed E-state index contributed by atoms with van der Waals surface area (Å²) in [7, 11) is 0. The first-order chi connectivity index (χ1) is 13.4. The van der Waals surface area contributed by atoms with Gasteiger partial charge in [0.2, 0.25) is 0 Å². The summed E-state index contributed by atoms with van der Waals surface area (Å²) in [5, 5.41) is 2.84. The standard InChI is InChI=1S/C23H30N4O/c1-23(2,3)22-24-19(27-20(25-22)15-21(28)26-27)12-6-4-5-9-16-13-17-10-7-8-11-18(17)14-16/h7-8,10-11,15-16H,4-6,9,12-14H2,1-3H3,(H,26,28). The van der Waals surface area contributed by atoms with Crippen molar-refractivity contribution in [3.8, 4) is 0 Å². The van der Waals surface area contributed by atoms with Crippen molar-refractivity contribution in [1.29, 1.82) is 0 Å². The van der Waals surface area contributed by atoms with Crippen molar-refractivity contribution in [3.05, 3.63) is 63.5 Å². The molecule has 2 aromatic heterocycles. The third-order valence-electron chi connectivity index (χ3n) is 5.74. The SMILES string of the molecule is CC(C)(C)c1nc(CCCCCC2Cc3ccccc3C2)n2[nH]c(=O)cc2n1. The van der Waals surface area contributed by atoms with Gasteiger partial charge in [-0.1, -0.05) is 57.9 Å². The average molecular weight is 379 g/mol.